The molecule has 0 N–H and O–H groups in total. The molecule has 0 atom stereocenters. The van der Waals surface area contributed by atoms with Crippen molar-refractivity contribution in [3.63, 3.8) is 0 Å². The molecule has 0 aliphatic carbocycles. The maximum absolute atomic E-state index is 4.36. The second kappa shape index (κ2) is 4.40. The van der Waals surface area contributed by atoms with Gasteiger partial charge < -0.3 is 0 Å². The maximum atomic E-state index is 4.36. The first-order chi connectivity index (χ1) is 7.27. The first-order valence-corrected chi connectivity index (χ1v) is 8.17. The van der Waals surface area contributed by atoms with E-state index in [4.69, 9.17) is 0 Å². The van der Waals surface area contributed by atoms with Gasteiger partial charge in [-0.15, -0.1) is 0 Å². The minimum absolute atomic E-state index is 0.708. The van der Waals surface area contributed by atoms with E-state index in [1.54, 1.807) is 0 Å². The zero-order valence-corrected chi connectivity index (χ0v) is 10.3. The molecule has 0 bridgehead atoms. The summed E-state index contributed by atoms with van der Waals surface area (Å²) in [7, 11) is -0.708. The number of rotatable bonds is 2. The number of benzene rings is 1. The smallest absolute Gasteiger partial charge is 0.0701 e. The van der Waals surface area contributed by atoms with Crippen LogP contribution in [0.1, 0.15) is 0 Å². The molecule has 2 aromatic rings. The molecule has 1 heterocycles. The van der Waals surface area contributed by atoms with Crippen LogP contribution >= 0.6 is 0 Å². The Morgan fingerprint density at radius 2 is 1.87 bits per heavy atom. The second-order valence-corrected chi connectivity index (χ2v) is 6.97. The summed E-state index contributed by atoms with van der Waals surface area (Å²) in [6.45, 7) is 4.69. The van der Waals surface area contributed by atoms with Crippen molar-refractivity contribution in [3.05, 3.63) is 48.7 Å². The Morgan fingerprint density at radius 1 is 1.00 bits per heavy atom. The van der Waals surface area contributed by atoms with Gasteiger partial charge in [0.15, 0.2) is 0 Å². The van der Waals surface area contributed by atoms with Crippen molar-refractivity contribution in [2.75, 3.05) is 0 Å². The van der Waals surface area contributed by atoms with Crippen LogP contribution in [-0.2, 0) is 0 Å². The molecule has 1 aromatic carbocycles. The summed E-state index contributed by atoms with van der Waals surface area (Å²) >= 11 is 0. The third-order valence-electron chi connectivity index (χ3n) is 2.51. The zero-order valence-electron chi connectivity index (χ0n) is 9.14. The fourth-order valence-electron chi connectivity index (χ4n) is 1.59. The highest BCUT2D eigenvalue weighted by molar-refractivity contribution is 6.70. The van der Waals surface area contributed by atoms with E-state index in [-0.39, 0.29) is 0 Å². The van der Waals surface area contributed by atoms with Crippen LogP contribution in [-0.4, -0.2) is 13.8 Å². The molecule has 0 aliphatic heterocycles. The Morgan fingerprint density at radius 3 is 2.53 bits per heavy atom. The van der Waals surface area contributed by atoms with Crippen molar-refractivity contribution < 1.29 is 0 Å². The molecule has 2 rings (SSSR count). The lowest BCUT2D eigenvalue weighted by Gasteiger charge is -2.06. The standard InChI is InChI=1S/C13H15NSi/c1-15(2)12-7-5-6-11(10-12)13-8-3-4-9-14-13/h3-10,15H,1-2H3. The molecule has 15 heavy (non-hydrogen) atoms. The molecule has 0 unspecified atom stereocenters. The van der Waals surface area contributed by atoms with Gasteiger partial charge in [-0.05, 0) is 17.7 Å². The van der Waals surface area contributed by atoms with Crippen molar-refractivity contribution in [1.29, 1.82) is 0 Å². The molecule has 0 radical (unpaired) electrons. The second-order valence-electron chi connectivity index (χ2n) is 4.00. The van der Waals surface area contributed by atoms with E-state index >= 15 is 0 Å². The van der Waals surface area contributed by atoms with Gasteiger partial charge in [-0.25, -0.2) is 0 Å². The molecular weight excluding hydrogens is 198 g/mol. The van der Waals surface area contributed by atoms with Crippen LogP contribution in [0.25, 0.3) is 11.3 Å². The van der Waals surface area contributed by atoms with Gasteiger partial charge >= 0.3 is 0 Å². The third-order valence-corrected chi connectivity index (χ3v) is 4.21. The number of nitrogens with zero attached hydrogens (tertiary/aromatic N) is 1. The van der Waals surface area contributed by atoms with E-state index in [9.17, 15) is 0 Å². The maximum Gasteiger partial charge on any atom is 0.0701 e. The Bertz CT molecular complexity index is 437. The molecule has 0 amide bonds. The summed E-state index contributed by atoms with van der Waals surface area (Å²) in [4.78, 5) is 4.36. The highest BCUT2D eigenvalue weighted by Gasteiger charge is 2.03. The third kappa shape index (κ3) is 2.33. The Hall–Kier alpha value is -1.41. The fraction of sp³-hybridized carbons (Fsp3) is 0.154. The van der Waals surface area contributed by atoms with Crippen LogP contribution in [0.3, 0.4) is 0 Å². The summed E-state index contributed by atoms with van der Waals surface area (Å²) in [5.74, 6) is 0. The van der Waals surface area contributed by atoms with Crippen molar-refractivity contribution in [2.24, 2.45) is 0 Å². The van der Waals surface area contributed by atoms with E-state index in [2.05, 4.69) is 48.4 Å². The van der Waals surface area contributed by atoms with Crippen LogP contribution in [0.15, 0.2) is 48.7 Å². The first kappa shape index (κ1) is 10.1. The van der Waals surface area contributed by atoms with Gasteiger partial charge in [0.1, 0.15) is 0 Å². The van der Waals surface area contributed by atoms with Crippen molar-refractivity contribution >= 4 is 14.0 Å². The Balaban J connectivity index is 2.42. The van der Waals surface area contributed by atoms with Gasteiger partial charge in [-0.3, -0.25) is 4.98 Å². The van der Waals surface area contributed by atoms with E-state index in [1.165, 1.54) is 10.8 Å². The van der Waals surface area contributed by atoms with Crippen LogP contribution in [0, 0.1) is 0 Å². The average molecular weight is 213 g/mol. The van der Waals surface area contributed by atoms with E-state index in [0.29, 0.717) is 0 Å². The number of hydrogen-bond acceptors (Lipinski definition) is 1. The molecular formula is C13H15NSi. The largest absolute Gasteiger partial charge is 0.256 e. The summed E-state index contributed by atoms with van der Waals surface area (Å²) in [6, 6.07) is 14.8. The number of pyridine rings is 1. The van der Waals surface area contributed by atoms with Crippen LogP contribution < -0.4 is 5.19 Å². The summed E-state index contributed by atoms with van der Waals surface area (Å²) in [6.07, 6.45) is 1.84. The van der Waals surface area contributed by atoms with Crippen LogP contribution in [0.2, 0.25) is 13.1 Å². The summed E-state index contributed by atoms with van der Waals surface area (Å²) < 4.78 is 0. The summed E-state index contributed by atoms with van der Waals surface area (Å²) in [5, 5.41) is 1.50. The fourth-order valence-corrected chi connectivity index (χ4v) is 2.60. The highest BCUT2D eigenvalue weighted by atomic mass is 28.3. The lowest BCUT2D eigenvalue weighted by molar-refractivity contribution is 1.33. The van der Waals surface area contributed by atoms with Crippen molar-refractivity contribution in [1.82, 2.24) is 4.98 Å². The van der Waals surface area contributed by atoms with Crippen LogP contribution in [0.5, 0.6) is 0 Å². The minimum atomic E-state index is -0.708. The van der Waals surface area contributed by atoms with E-state index in [1.807, 2.05) is 18.3 Å². The van der Waals surface area contributed by atoms with Gasteiger partial charge in [-0.1, -0.05) is 48.6 Å². The predicted octanol–water partition coefficient (Wildman–Crippen LogP) is 2.44. The normalized spacial score (nSPS) is 10.6. The van der Waals surface area contributed by atoms with Gasteiger partial charge in [-0.2, -0.15) is 0 Å². The summed E-state index contributed by atoms with van der Waals surface area (Å²) in [5.41, 5.74) is 2.29. The molecule has 1 aromatic heterocycles. The monoisotopic (exact) mass is 213 g/mol. The molecule has 2 heteroatoms. The molecule has 1 nitrogen and oxygen atoms in total. The minimum Gasteiger partial charge on any atom is -0.256 e. The zero-order chi connectivity index (χ0) is 10.7. The molecule has 0 aliphatic rings. The highest BCUT2D eigenvalue weighted by Crippen LogP contribution is 2.14. The number of hydrogen-bond donors (Lipinski definition) is 0. The van der Waals surface area contributed by atoms with Gasteiger partial charge in [0.25, 0.3) is 0 Å². The van der Waals surface area contributed by atoms with Crippen molar-refractivity contribution in [2.45, 2.75) is 13.1 Å². The van der Waals surface area contributed by atoms with Gasteiger partial charge in [0.05, 0.1) is 14.5 Å². The first-order valence-electron chi connectivity index (χ1n) is 5.29. The lowest BCUT2D eigenvalue weighted by Crippen LogP contribution is -2.22. The molecule has 0 spiro atoms. The molecule has 76 valence electrons. The molecule has 0 saturated heterocycles. The molecule has 0 saturated carbocycles. The van der Waals surface area contributed by atoms with Crippen molar-refractivity contribution in [3.8, 4) is 11.3 Å². The average Bonchev–Trinajstić information content (AvgIpc) is 2.30. The number of aromatic nitrogens is 1. The SMILES string of the molecule is C[SiH](C)c1cccc(-c2ccccn2)c1. The Kier molecular flexibility index (Phi) is 2.97. The van der Waals surface area contributed by atoms with Gasteiger partial charge in [0.2, 0.25) is 0 Å². The van der Waals surface area contributed by atoms with Gasteiger partial charge in [0, 0.05) is 6.20 Å². The molecule has 0 fully saturated rings. The lowest BCUT2D eigenvalue weighted by atomic mass is 10.1. The van der Waals surface area contributed by atoms with Crippen LogP contribution in [0.4, 0.5) is 0 Å². The van der Waals surface area contributed by atoms with E-state index in [0.717, 1.165) is 5.69 Å². The topological polar surface area (TPSA) is 12.9 Å². The van der Waals surface area contributed by atoms with E-state index < -0.39 is 8.80 Å². The Labute approximate surface area is 92.4 Å². The predicted molar refractivity (Wildman–Crippen MR) is 68.2 cm³/mol. The quantitative estimate of drug-likeness (QED) is 0.698.